The van der Waals surface area contributed by atoms with Crippen LogP contribution < -0.4 is 11.5 Å². The average Bonchev–Trinajstić information content (AvgIpc) is 2.43. The number of nitrogens with two attached hydrogens (primary N) is 2. The van der Waals surface area contributed by atoms with E-state index in [1.54, 1.807) is 0 Å². The van der Waals surface area contributed by atoms with Gasteiger partial charge in [-0.15, -0.1) is 0 Å². The van der Waals surface area contributed by atoms with Crippen LogP contribution in [0.2, 0.25) is 0 Å². The molecule has 5 N–H and O–H groups in total. The Balaban J connectivity index is 2.49. The van der Waals surface area contributed by atoms with Crippen LogP contribution in [0.5, 0.6) is 0 Å². The molecule has 6 nitrogen and oxygen atoms in total. The van der Waals surface area contributed by atoms with Crippen molar-refractivity contribution in [2.75, 3.05) is 6.54 Å². The number of ether oxygens (including phenoxy) is 1. The average molecular weight is 280 g/mol. The van der Waals surface area contributed by atoms with Crippen molar-refractivity contribution in [2.24, 2.45) is 11.5 Å². The van der Waals surface area contributed by atoms with Gasteiger partial charge in [0.2, 0.25) is 0 Å². The molecule has 0 radical (unpaired) electrons. The van der Waals surface area contributed by atoms with Crippen LogP contribution in [0.25, 0.3) is 0 Å². The van der Waals surface area contributed by atoms with E-state index in [9.17, 15) is 9.59 Å². The van der Waals surface area contributed by atoms with Crippen LogP contribution in [0.4, 0.5) is 0 Å². The number of benzene rings is 1. The Hall–Kier alpha value is -1.92. The fourth-order valence-electron chi connectivity index (χ4n) is 1.71. The fraction of sp³-hybridized carbons (Fsp3) is 0.429. The molecule has 0 fully saturated rings. The van der Waals surface area contributed by atoms with Crippen LogP contribution in [0.15, 0.2) is 24.3 Å². The molecule has 0 aliphatic rings. The Morgan fingerprint density at radius 1 is 1.20 bits per heavy atom. The van der Waals surface area contributed by atoms with Gasteiger partial charge in [-0.25, -0.2) is 9.59 Å². The van der Waals surface area contributed by atoms with Gasteiger partial charge in [-0.05, 0) is 44.0 Å². The fourth-order valence-corrected chi connectivity index (χ4v) is 1.71. The predicted octanol–water partition coefficient (Wildman–Crippen LogP) is 1.35. The number of hydrogen-bond donors (Lipinski definition) is 3. The van der Waals surface area contributed by atoms with Crippen molar-refractivity contribution in [3.8, 4) is 0 Å². The SMILES string of the molecule is NCCCCCC(N)OC(=O)c1cccc(C(=O)O)c1. The lowest BCUT2D eigenvalue weighted by Crippen LogP contribution is -2.27. The summed E-state index contributed by atoms with van der Waals surface area (Å²) in [6.07, 6.45) is 2.57. The first-order chi connectivity index (χ1) is 9.54. The van der Waals surface area contributed by atoms with E-state index in [0.717, 1.165) is 19.3 Å². The number of aromatic carboxylic acids is 1. The van der Waals surface area contributed by atoms with Crippen molar-refractivity contribution in [1.29, 1.82) is 0 Å². The number of hydrogen-bond acceptors (Lipinski definition) is 5. The van der Waals surface area contributed by atoms with Gasteiger partial charge in [0.1, 0.15) is 0 Å². The lowest BCUT2D eigenvalue weighted by atomic mass is 10.1. The van der Waals surface area contributed by atoms with Crippen molar-refractivity contribution in [3.05, 3.63) is 35.4 Å². The molecule has 20 heavy (non-hydrogen) atoms. The van der Waals surface area contributed by atoms with Crippen LogP contribution in [0, 0.1) is 0 Å². The maximum absolute atomic E-state index is 11.8. The third-order valence-corrected chi connectivity index (χ3v) is 2.80. The van der Waals surface area contributed by atoms with Gasteiger partial charge in [-0.3, -0.25) is 5.73 Å². The highest BCUT2D eigenvalue weighted by atomic mass is 16.6. The van der Waals surface area contributed by atoms with Crippen molar-refractivity contribution in [2.45, 2.75) is 31.9 Å². The van der Waals surface area contributed by atoms with E-state index in [1.807, 2.05) is 0 Å². The molecule has 0 aliphatic carbocycles. The summed E-state index contributed by atoms with van der Waals surface area (Å²) >= 11 is 0. The highest BCUT2D eigenvalue weighted by Crippen LogP contribution is 2.09. The summed E-state index contributed by atoms with van der Waals surface area (Å²) in [5.74, 6) is -1.70. The molecule has 110 valence electrons. The Kier molecular flexibility index (Phi) is 6.69. The minimum absolute atomic E-state index is 0.0379. The highest BCUT2D eigenvalue weighted by molar-refractivity contribution is 5.94. The van der Waals surface area contributed by atoms with E-state index in [1.165, 1.54) is 24.3 Å². The highest BCUT2D eigenvalue weighted by Gasteiger charge is 2.14. The summed E-state index contributed by atoms with van der Waals surface area (Å²) in [7, 11) is 0. The third kappa shape index (κ3) is 5.38. The molecule has 0 spiro atoms. The standard InChI is InChI=1S/C14H20N2O4/c15-8-3-1-2-7-12(16)20-14(19)11-6-4-5-10(9-11)13(17)18/h4-6,9,12H,1-3,7-8,15-16H2,(H,17,18). The van der Waals surface area contributed by atoms with Gasteiger partial charge in [0.15, 0.2) is 6.23 Å². The quantitative estimate of drug-likeness (QED) is 0.376. The molecule has 1 rings (SSSR count). The number of carbonyl (C=O) groups excluding carboxylic acids is 1. The van der Waals surface area contributed by atoms with Crippen LogP contribution in [-0.4, -0.2) is 29.8 Å². The second-order valence-electron chi connectivity index (χ2n) is 4.47. The maximum atomic E-state index is 11.8. The summed E-state index contributed by atoms with van der Waals surface area (Å²) in [5, 5.41) is 8.85. The zero-order chi connectivity index (χ0) is 15.0. The van der Waals surface area contributed by atoms with Crippen molar-refractivity contribution < 1.29 is 19.4 Å². The first-order valence-electron chi connectivity index (χ1n) is 6.54. The normalized spacial score (nSPS) is 11.9. The van der Waals surface area contributed by atoms with Gasteiger partial charge in [-0.2, -0.15) is 0 Å². The number of carbonyl (C=O) groups is 2. The smallest absolute Gasteiger partial charge is 0.339 e. The Morgan fingerprint density at radius 3 is 2.55 bits per heavy atom. The number of esters is 1. The molecule has 1 aromatic rings. The molecule has 1 atom stereocenters. The van der Waals surface area contributed by atoms with Crippen LogP contribution in [0.3, 0.4) is 0 Å². The molecule has 0 heterocycles. The van der Waals surface area contributed by atoms with Crippen molar-refractivity contribution in [3.63, 3.8) is 0 Å². The van der Waals surface area contributed by atoms with Gasteiger partial charge >= 0.3 is 11.9 Å². The first kappa shape index (κ1) is 16.1. The van der Waals surface area contributed by atoms with Gasteiger partial charge in [-0.1, -0.05) is 12.5 Å². The summed E-state index contributed by atoms with van der Waals surface area (Å²) in [6, 6.07) is 5.67. The Bertz CT molecular complexity index is 462. The number of rotatable bonds is 8. The molecule has 0 bridgehead atoms. The summed E-state index contributed by atoms with van der Waals surface area (Å²) in [4.78, 5) is 22.6. The van der Waals surface area contributed by atoms with Crippen molar-refractivity contribution >= 4 is 11.9 Å². The second-order valence-corrected chi connectivity index (χ2v) is 4.47. The molecular formula is C14H20N2O4. The molecule has 0 aliphatic heterocycles. The van der Waals surface area contributed by atoms with E-state index in [4.69, 9.17) is 21.3 Å². The Morgan fingerprint density at radius 2 is 1.90 bits per heavy atom. The molecule has 6 heteroatoms. The van der Waals surface area contributed by atoms with E-state index in [-0.39, 0.29) is 11.1 Å². The maximum Gasteiger partial charge on any atom is 0.339 e. The van der Waals surface area contributed by atoms with Crippen LogP contribution in [-0.2, 0) is 4.74 Å². The monoisotopic (exact) mass is 280 g/mol. The van der Waals surface area contributed by atoms with Crippen molar-refractivity contribution in [1.82, 2.24) is 0 Å². The topological polar surface area (TPSA) is 116 Å². The lowest BCUT2D eigenvalue weighted by Gasteiger charge is -2.13. The largest absolute Gasteiger partial charge is 0.478 e. The van der Waals surface area contributed by atoms with Gasteiger partial charge in [0, 0.05) is 0 Å². The van der Waals surface area contributed by atoms with Crippen LogP contribution >= 0.6 is 0 Å². The predicted molar refractivity (Wildman–Crippen MR) is 74.3 cm³/mol. The third-order valence-electron chi connectivity index (χ3n) is 2.80. The minimum Gasteiger partial charge on any atom is -0.478 e. The molecule has 0 saturated heterocycles. The molecule has 0 aromatic heterocycles. The van der Waals surface area contributed by atoms with Crippen LogP contribution in [0.1, 0.15) is 46.4 Å². The van der Waals surface area contributed by atoms with Gasteiger partial charge < -0.3 is 15.6 Å². The van der Waals surface area contributed by atoms with E-state index in [0.29, 0.717) is 13.0 Å². The van der Waals surface area contributed by atoms with E-state index < -0.39 is 18.2 Å². The van der Waals surface area contributed by atoms with E-state index in [2.05, 4.69) is 0 Å². The number of carboxylic acid groups (broad SMARTS) is 1. The molecule has 0 amide bonds. The zero-order valence-electron chi connectivity index (χ0n) is 11.2. The zero-order valence-corrected chi connectivity index (χ0v) is 11.2. The first-order valence-corrected chi connectivity index (χ1v) is 6.54. The lowest BCUT2D eigenvalue weighted by molar-refractivity contribution is 0.0292. The molecule has 1 unspecified atom stereocenters. The Labute approximate surface area is 117 Å². The molecule has 1 aromatic carbocycles. The minimum atomic E-state index is -1.09. The summed E-state index contributed by atoms with van der Waals surface area (Å²) < 4.78 is 5.07. The molecular weight excluding hydrogens is 260 g/mol. The summed E-state index contributed by atoms with van der Waals surface area (Å²) in [5.41, 5.74) is 11.3. The van der Waals surface area contributed by atoms with Gasteiger partial charge in [0.25, 0.3) is 0 Å². The second kappa shape index (κ2) is 8.29. The van der Waals surface area contributed by atoms with E-state index >= 15 is 0 Å². The van der Waals surface area contributed by atoms with Gasteiger partial charge in [0.05, 0.1) is 11.1 Å². The number of carboxylic acids is 1. The molecule has 0 saturated carbocycles. The number of unbranched alkanes of at least 4 members (excludes halogenated alkanes) is 2. The summed E-state index contributed by atoms with van der Waals surface area (Å²) in [6.45, 7) is 0.636.